The van der Waals surface area contributed by atoms with Crippen molar-refractivity contribution < 1.29 is 0 Å². The summed E-state index contributed by atoms with van der Waals surface area (Å²) in [5.41, 5.74) is -0.282. The Kier molecular flexibility index (Phi) is 6.82. The molecule has 19 heavy (non-hydrogen) atoms. The molecule has 0 bridgehead atoms. The van der Waals surface area contributed by atoms with Crippen LogP contribution in [0.4, 0.5) is 0 Å². The summed E-state index contributed by atoms with van der Waals surface area (Å²) in [7, 11) is 2.20. The van der Waals surface area contributed by atoms with Crippen LogP contribution in [0.1, 0.15) is 65.7 Å². The summed E-state index contributed by atoms with van der Waals surface area (Å²) >= 11 is 0. The summed E-state index contributed by atoms with van der Waals surface area (Å²) in [5, 5.41) is 13.0. The molecule has 1 fully saturated rings. The number of nitrogens with zero attached hydrogens (tertiary/aromatic N) is 2. The highest BCUT2D eigenvalue weighted by Crippen LogP contribution is 2.26. The van der Waals surface area contributed by atoms with E-state index < -0.39 is 0 Å². The predicted octanol–water partition coefficient (Wildman–Crippen LogP) is 3.31. The van der Waals surface area contributed by atoms with Crippen molar-refractivity contribution in [3.63, 3.8) is 0 Å². The Hall–Kier alpha value is -0.590. The van der Waals surface area contributed by atoms with Crippen LogP contribution in [0.5, 0.6) is 0 Å². The molecule has 0 spiro atoms. The Morgan fingerprint density at radius 2 is 2.11 bits per heavy atom. The van der Waals surface area contributed by atoms with Crippen LogP contribution >= 0.6 is 0 Å². The molecule has 0 heterocycles. The molecular weight excluding hydrogens is 234 g/mol. The maximum Gasteiger partial charge on any atom is 0.106 e. The van der Waals surface area contributed by atoms with E-state index in [4.69, 9.17) is 0 Å². The Labute approximate surface area is 119 Å². The van der Waals surface area contributed by atoms with E-state index in [9.17, 15) is 5.26 Å². The summed E-state index contributed by atoms with van der Waals surface area (Å²) < 4.78 is 0. The van der Waals surface area contributed by atoms with E-state index >= 15 is 0 Å². The lowest BCUT2D eigenvalue weighted by Crippen LogP contribution is -2.45. The van der Waals surface area contributed by atoms with Crippen LogP contribution in [0, 0.1) is 11.3 Å². The van der Waals surface area contributed by atoms with Gasteiger partial charge in [0.2, 0.25) is 0 Å². The molecule has 110 valence electrons. The third kappa shape index (κ3) is 5.50. The highest BCUT2D eigenvalue weighted by molar-refractivity contribution is 5.09. The summed E-state index contributed by atoms with van der Waals surface area (Å²) in [6.45, 7) is 7.75. The van der Waals surface area contributed by atoms with Crippen molar-refractivity contribution in [2.24, 2.45) is 0 Å². The minimum atomic E-state index is -0.282. The molecule has 0 aromatic carbocycles. The highest BCUT2D eigenvalue weighted by Gasteiger charge is 2.34. The molecule has 3 nitrogen and oxygen atoms in total. The molecule has 0 saturated heterocycles. The summed E-state index contributed by atoms with van der Waals surface area (Å²) in [4.78, 5) is 2.43. The number of hydrogen-bond acceptors (Lipinski definition) is 3. The van der Waals surface area contributed by atoms with Gasteiger partial charge in [-0.2, -0.15) is 5.26 Å². The molecule has 1 rings (SSSR count). The molecule has 0 aromatic heterocycles. The van der Waals surface area contributed by atoms with Crippen molar-refractivity contribution in [2.45, 2.75) is 83.3 Å². The summed E-state index contributed by atoms with van der Waals surface area (Å²) in [6.07, 6.45) is 7.98. The molecular formula is C16H31N3. The van der Waals surface area contributed by atoms with E-state index in [1.165, 1.54) is 25.7 Å². The van der Waals surface area contributed by atoms with Gasteiger partial charge in [0.15, 0.2) is 0 Å². The van der Waals surface area contributed by atoms with Crippen molar-refractivity contribution in [1.82, 2.24) is 10.2 Å². The average Bonchev–Trinajstić information content (AvgIpc) is 3.21. The quantitative estimate of drug-likeness (QED) is 0.658. The van der Waals surface area contributed by atoms with Gasteiger partial charge in [0, 0.05) is 12.1 Å². The van der Waals surface area contributed by atoms with Crippen LogP contribution in [0.25, 0.3) is 0 Å². The van der Waals surface area contributed by atoms with Gasteiger partial charge in [-0.1, -0.05) is 20.3 Å². The highest BCUT2D eigenvalue weighted by atomic mass is 15.1. The van der Waals surface area contributed by atoms with Crippen molar-refractivity contribution in [3.8, 4) is 6.07 Å². The van der Waals surface area contributed by atoms with E-state index in [1.54, 1.807) is 0 Å². The minimum absolute atomic E-state index is 0.282. The molecule has 1 saturated carbocycles. The van der Waals surface area contributed by atoms with Gasteiger partial charge >= 0.3 is 0 Å². The monoisotopic (exact) mass is 265 g/mol. The van der Waals surface area contributed by atoms with E-state index in [2.05, 4.69) is 44.1 Å². The van der Waals surface area contributed by atoms with Crippen molar-refractivity contribution in [2.75, 3.05) is 13.6 Å². The van der Waals surface area contributed by atoms with E-state index in [-0.39, 0.29) is 5.54 Å². The first-order valence-corrected chi connectivity index (χ1v) is 7.96. The van der Waals surface area contributed by atoms with E-state index in [0.29, 0.717) is 12.1 Å². The lowest BCUT2D eigenvalue weighted by atomic mass is 9.91. The standard InChI is InChI=1S/C16H31N3/c1-5-8-14(3)19(4)12-7-11-16(6-2,13-17)18-15-9-10-15/h14-15,18H,5-12H2,1-4H3. The van der Waals surface area contributed by atoms with Gasteiger partial charge in [0.05, 0.1) is 6.07 Å². The van der Waals surface area contributed by atoms with Crippen LogP contribution in [-0.2, 0) is 0 Å². The Bertz CT molecular complexity index is 293. The zero-order valence-corrected chi connectivity index (χ0v) is 13.2. The first-order valence-electron chi connectivity index (χ1n) is 7.96. The third-order valence-electron chi connectivity index (χ3n) is 4.45. The molecule has 2 atom stereocenters. The van der Waals surface area contributed by atoms with Gasteiger partial charge in [0.1, 0.15) is 5.54 Å². The van der Waals surface area contributed by atoms with Crippen LogP contribution < -0.4 is 5.32 Å². The number of nitrogens with one attached hydrogen (secondary N) is 1. The second-order valence-corrected chi connectivity index (χ2v) is 6.19. The second-order valence-electron chi connectivity index (χ2n) is 6.19. The zero-order valence-electron chi connectivity index (χ0n) is 13.2. The van der Waals surface area contributed by atoms with Gasteiger partial charge in [-0.25, -0.2) is 0 Å². The van der Waals surface area contributed by atoms with Crippen LogP contribution in [0.15, 0.2) is 0 Å². The predicted molar refractivity (Wildman–Crippen MR) is 81.0 cm³/mol. The molecule has 0 aromatic rings. The van der Waals surface area contributed by atoms with Crippen LogP contribution in [0.3, 0.4) is 0 Å². The Morgan fingerprint density at radius 3 is 2.58 bits per heavy atom. The lowest BCUT2D eigenvalue weighted by Gasteiger charge is -2.29. The lowest BCUT2D eigenvalue weighted by molar-refractivity contribution is 0.229. The number of rotatable bonds is 10. The molecule has 1 N–H and O–H groups in total. The fourth-order valence-corrected chi connectivity index (χ4v) is 2.63. The maximum atomic E-state index is 9.49. The van der Waals surface area contributed by atoms with Crippen molar-refractivity contribution >= 4 is 0 Å². The topological polar surface area (TPSA) is 39.1 Å². The molecule has 0 radical (unpaired) electrons. The average molecular weight is 265 g/mol. The van der Waals surface area contributed by atoms with Gasteiger partial charge in [-0.05, 0) is 59.0 Å². The molecule has 1 aliphatic carbocycles. The van der Waals surface area contributed by atoms with Crippen molar-refractivity contribution in [1.29, 1.82) is 5.26 Å². The zero-order chi connectivity index (χ0) is 14.3. The van der Waals surface area contributed by atoms with Crippen molar-refractivity contribution in [3.05, 3.63) is 0 Å². The Morgan fingerprint density at radius 1 is 1.42 bits per heavy atom. The first-order chi connectivity index (χ1) is 9.06. The maximum absolute atomic E-state index is 9.49. The van der Waals surface area contributed by atoms with E-state index in [0.717, 1.165) is 25.8 Å². The Balaban J connectivity index is 2.33. The van der Waals surface area contributed by atoms with Gasteiger partial charge in [-0.15, -0.1) is 0 Å². The summed E-state index contributed by atoms with van der Waals surface area (Å²) in [5.74, 6) is 0. The smallest absolute Gasteiger partial charge is 0.106 e. The normalized spacial score (nSPS) is 20.0. The first kappa shape index (κ1) is 16.5. The van der Waals surface area contributed by atoms with Gasteiger partial charge in [0.25, 0.3) is 0 Å². The molecule has 3 heteroatoms. The summed E-state index contributed by atoms with van der Waals surface area (Å²) in [6, 6.07) is 3.80. The molecule has 2 unspecified atom stereocenters. The fourth-order valence-electron chi connectivity index (χ4n) is 2.63. The van der Waals surface area contributed by atoms with Gasteiger partial charge < -0.3 is 4.90 Å². The third-order valence-corrected chi connectivity index (χ3v) is 4.45. The van der Waals surface area contributed by atoms with Gasteiger partial charge in [-0.3, -0.25) is 5.32 Å². The molecule has 0 amide bonds. The molecule has 0 aliphatic heterocycles. The SMILES string of the molecule is CCCC(C)N(C)CCCC(C#N)(CC)NC1CC1. The number of nitriles is 1. The fraction of sp³-hybridized carbons (Fsp3) is 0.938. The van der Waals surface area contributed by atoms with Crippen LogP contribution in [-0.4, -0.2) is 36.1 Å². The van der Waals surface area contributed by atoms with Crippen LogP contribution in [0.2, 0.25) is 0 Å². The second kappa shape index (κ2) is 7.87. The largest absolute Gasteiger partial charge is 0.304 e. The van der Waals surface area contributed by atoms with E-state index in [1.807, 2.05) is 0 Å². The minimum Gasteiger partial charge on any atom is -0.304 e. The number of hydrogen-bond donors (Lipinski definition) is 1. The molecule has 1 aliphatic rings.